The molecule has 0 N–H and O–H groups in total. The summed E-state index contributed by atoms with van der Waals surface area (Å²) in [6.45, 7) is 4.04. The largest absolute Gasteiger partial charge is 0.476 e. The minimum atomic E-state index is -0.445. The third kappa shape index (κ3) is 3.10. The first-order valence-electron chi connectivity index (χ1n) is 7.33. The van der Waals surface area contributed by atoms with Crippen molar-refractivity contribution in [2.24, 2.45) is 5.92 Å². The van der Waals surface area contributed by atoms with E-state index in [1.807, 2.05) is 6.07 Å². The molecule has 6 nitrogen and oxygen atoms in total. The van der Waals surface area contributed by atoms with Crippen LogP contribution in [0.5, 0.6) is 5.88 Å². The quantitative estimate of drug-likeness (QED) is 0.766. The average Bonchev–Trinajstić information content (AvgIpc) is 2.98. The number of nitrogens with zero attached hydrogens (tertiary/aromatic N) is 2. The molecule has 2 fully saturated rings. The molecule has 3 heterocycles. The zero-order valence-electron chi connectivity index (χ0n) is 12.2. The standard InChI is InChI=1S/C15H20N2O4/c1-19-15(18)12-4-5-13(17-6-2-3-7-17)14(16-12)21-10-11-8-20-9-11/h4-5,11H,2-3,6-10H2,1H3. The molecule has 0 saturated carbocycles. The van der Waals surface area contributed by atoms with E-state index in [1.165, 1.54) is 20.0 Å². The molecule has 2 aliphatic heterocycles. The van der Waals surface area contributed by atoms with E-state index in [9.17, 15) is 4.79 Å². The highest BCUT2D eigenvalue weighted by atomic mass is 16.5. The fourth-order valence-electron chi connectivity index (χ4n) is 2.53. The molecular formula is C15H20N2O4. The number of carbonyl (C=O) groups excluding carboxylic acids is 1. The number of aromatic nitrogens is 1. The van der Waals surface area contributed by atoms with E-state index >= 15 is 0 Å². The Hall–Kier alpha value is -1.82. The summed E-state index contributed by atoms with van der Waals surface area (Å²) in [6, 6.07) is 3.59. The molecule has 0 aromatic carbocycles. The fourth-order valence-corrected chi connectivity index (χ4v) is 2.53. The Kier molecular flexibility index (Phi) is 4.24. The molecule has 1 aromatic heterocycles. The van der Waals surface area contributed by atoms with Gasteiger partial charge in [0.1, 0.15) is 0 Å². The summed E-state index contributed by atoms with van der Waals surface area (Å²) in [5.41, 5.74) is 1.24. The third-order valence-corrected chi connectivity index (χ3v) is 3.84. The second-order valence-electron chi connectivity index (χ2n) is 5.42. The molecule has 0 bridgehead atoms. The number of hydrogen-bond acceptors (Lipinski definition) is 6. The molecule has 2 aliphatic rings. The lowest BCUT2D eigenvalue weighted by Crippen LogP contribution is -2.33. The van der Waals surface area contributed by atoms with Gasteiger partial charge in [-0.1, -0.05) is 0 Å². The van der Waals surface area contributed by atoms with E-state index < -0.39 is 5.97 Å². The number of carbonyl (C=O) groups is 1. The Bertz CT molecular complexity index is 510. The van der Waals surface area contributed by atoms with Crippen LogP contribution in [0.15, 0.2) is 12.1 Å². The van der Waals surface area contributed by atoms with Gasteiger partial charge in [0, 0.05) is 19.0 Å². The van der Waals surface area contributed by atoms with Crippen molar-refractivity contribution in [3.05, 3.63) is 17.8 Å². The Morgan fingerprint density at radius 1 is 1.38 bits per heavy atom. The molecule has 0 unspecified atom stereocenters. The van der Waals surface area contributed by atoms with Crippen LogP contribution >= 0.6 is 0 Å². The van der Waals surface area contributed by atoms with E-state index in [0.29, 0.717) is 18.4 Å². The maximum atomic E-state index is 11.6. The number of hydrogen-bond donors (Lipinski definition) is 0. The summed E-state index contributed by atoms with van der Waals surface area (Å²) in [5, 5.41) is 0. The topological polar surface area (TPSA) is 60.9 Å². The van der Waals surface area contributed by atoms with E-state index in [4.69, 9.17) is 14.2 Å². The van der Waals surface area contributed by atoms with Gasteiger partial charge in [-0.2, -0.15) is 0 Å². The highest BCUT2D eigenvalue weighted by Crippen LogP contribution is 2.30. The number of pyridine rings is 1. The molecule has 21 heavy (non-hydrogen) atoms. The van der Waals surface area contributed by atoms with Crippen LogP contribution in [-0.4, -0.2) is 51.0 Å². The summed E-state index contributed by atoms with van der Waals surface area (Å²) < 4.78 is 15.7. The Morgan fingerprint density at radius 2 is 2.14 bits per heavy atom. The van der Waals surface area contributed by atoms with Crippen LogP contribution in [0.3, 0.4) is 0 Å². The van der Waals surface area contributed by atoms with Gasteiger partial charge in [-0.25, -0.2) is 9.78 Å². The van der Waals surface area contributed by atoms with Gasteiger partial charge >= 0.3 is 5.97 Å². The van der Waals surface area contributed by atoms with Gasteiger partial charge in [0.05, 0.1) is 32.6 Å². The monoisotopic (exact) mass is 292 g/mol. The number of rotatable bonds is 5. The number of ether oxygens (including phenoxy) is 3. The van der Waals surface area contributed by atoms with Crippen LogP contribution in [0.25, 0.3) is 0 Å². The summed E-state index contributed by atoms with van der Waals surface area (Å²) in [5.74, 6) is 0.492. The van der Waals surface area contributed by atoms with E-state index in [0.717, 1.165) is 32.0 Å². The van der Waals surface area contributed by atoms with Crippen LogP contribution in [-0.2, 0) is 9.47 Å². The zero-order valence-corrected chi connectivity index (χ0v) is 12.2. The SMILES string of the molecule is COC(=O)c1ccc(N2CCCC2)c(OCC2COC2)n1. The van der Waals surface area contributed by atoms with Gasteiger partial charge in [-0.15, -0.1) is 0 Å². The molecule has 0 spiro atoms. The maximum Gasteiger partial charge on any atom is 0.356 e. The summed E-state index contributed by atoms with van der Waals surface area (Å²) in [7, 11) is 1.35. The number of esters is 1. The first-order chi connectivity index (χ1) is 10.3. The molecule has 6 heteroatoms. The highest BCUT2D eigenvalue weighted by molar-refractivity contribution is 5.87. The van der Waals surface area contributed by atoms with Crippen molar-refractivity contribution in [3.8, 4) is 5.88 Å². The molecule has 0 radical (unpaired) electrons. The number of methoxy groups -OCH3 is 1. The van der Waals surface area contributed by atoms with Crippen molar-refractivity contribution in [2.75, 3.05) is 44.9 Å². The Balaban J connectivity index is 1.80. The predicted molar refractivity (Wildman–Crippen MR) is 76.8 cm³/mol. The van der Waals surface area contributed by atoms with E-state index in [1.54, 1.807) is 6.07 Å². The van der Waals surface area contributed by atoms with Crippen molar-refractivity contribution in [1.29, 1.82) is 0 Å². The first kappa shape index (κ1) is 14.1. The van der Waals surface area contributed by atoms with E-state index in [2.05, 4.69) is 9.88 Å². The van der Waals surface area contributed by atoms with Gasteiger partial charge in [0.15, 0.2) is 5.69 Å². The molecule has 0 aliphatic carbocycles. The summed E-state index contributed by atoms with van der Waals surface area (Å²) >= 11 is 0. The zero-order chi connectivity index (χ0) is 14.7. The highest BCUT2D eigenvalue weighted by Gasteiger charge is 2.23. The van der Waals surface area contributed by atoms with Gasteiger partial charge < -0.3 is 19.1 Å². The molecule has 114 valence electrons. The van der Waals surface area contributed by atoms with Crippen molar-refractivity contribution in [3.63, 3.8) is 0 Å². The first-order valence-corrected chi connectivity index (χ1v) is 7.33. The second kappa shape index (κ2) is 6.30. The lowest BCUT2D eigenvalue weighted by atomic mass is 10.1. The van der Waals surface area contributed by atoms with Crippen molar-refractivity contribution in [2.45, 2.75) is 12.8 Å². The molecule has 1 aromatic rings. The minimum absolute atomic E-state index is 0.278. The van der Waals surface area contributed by atoms with Crippen LogP contribution < -0.4 is 9.64 Å². The summed E-state index contributed by atoms with van der Waals surface area (Å²) in [4.78, 5) is 18.2. The maximum absolute atomic E-state index is 11.6. The van der Waals surface area contributed by atoms with Gasteiger partial charge in [-0.05, 0) is 25.0 Å². The lowest BCUT2D eigenvalue weighted by molar-refractivity contribution is -0.0513. The molecule has 2 saturated heterocycles. The number of anilines is 1. The molecule has 3 rings (SSSR count). The molecule has 0 atom stereocenters. The van der Waals surface area contributed by atoms with Gasteiger partial charge in [0.2, 0.25) is 5.88 Å². The fraction of sp³-hybridized carbons (Fsp3) is 0.600. The second-order valence-corrected chi connectivity index (χ2v) is 5.42. The van der Waals surface area contributed by atoms with Gasteiger partial charge in [0.25, 0.3) is 0 Å². The van der Waals surface area contributed by atoms with Crippen LogP contribution in [0.2, 0.25) is 0 Å². The average molecular weight is 292 g/mol. The van der Waals surface area contributed by atoms with Gasteiger partial charge in [-0.3, -0.25) is 0 Å². The van der Waals surface area contributed by atoms with E-state index in [-0.39, 0.29) is 5.69 Å². The minimum Gasteiger partial charge on any atom is -0.476 e. The van der Waals surface area contributed by atoms with Crippen molar-refractivity contribution < 1.29 is 19.0 Å². The third-order valence-electron chi connectivity index (χ3n) is 3.84. The van der Waals surface area contributed by atoms with Crippen LogP contribution in [0.4, 0.5) is 5.69 Å². The predicted octanol–water partition coefficient (Wildman–Crippen LogP) is 1.49. The normalized spacial score (nSPS) is 18.4. The van der Waals surface area contributed by atoms with Crippen LogP contribution in [0.1, 0.15) is 23.3 Å². The summed E-state index contributed by atoms with van der Waals surface area (Å²) in [6.07, 6.45) is 2.35. The Labute approximate surface area is 124 Å². The smallest absolute Gasteiger partial charge is 0.356 e. The lowest BCUT2D eigenvalue weighted by Gasteiger charge is -2.27. The Morgan fingerprint density at radius 3 is 2.76 bits per heavy atom. The molecule has 0 amide bonds. The van der Waals surface area contributed by atoms with Crippen molar-refractivity contribution in [1.82, 2.24) is 4.98 Å². The molecular weight excluding hydrogens is 272 g/mol. The van der Waals surface area contributed by atoms with Crippen molar-refractivity contribution >= 4 is 11.7 Å². The van der Waals surface area contributed by atoms with Crippen LogP contribution in [0, 0.1) is 5.92 Å².